The number of carbonyl (C=O) groups excluding carboxylic acids is 2. The minimum Gasteiger partial charge on any atom is -0.346 e. The molecule has 0 spiro atoms. The Morgan fingerprint density at radius 1 is 1.07 bits per heavy atom. The second-order valence-electron chi connectivity index (χ2n) is 6.84. The number of aromatic nitrogens is 3. The minimum absolute atomic E-state index is 0.0480. The number of carbonyl (C=O) groups is 2. The number of hydrogen-bond donors (Lipinski definition) is 1. The summed E-state index contributed by atoms with van der Waals surface area (Å²) >= 11 is 2.78. The van der Waals surface area contributed by atoms with Crippen molar-refractivity contribution in [3.05, 3.63) is 69.8 Å². The van der Waals surface area contributed by atoms with E-state index < -0.39 is 0 Å². The van der Waals surface area contributed by atoms with E-state index in [1.807, 2.05) is 47.4 Å². The van der Waals surface area contributed by atoms with E-state index in [1.165, 1.54) is 23.1 Å². The van der Waals surface area contributed by atoms with Crippen LogP contribution in [0.2, 0.25) is 0 Å². The molecule has 1 aromatic carbocycles. The Kier molecular flexibility index (Phi) is 6.70. The molecule has 1 saturated heterocycles. The Morgan fingerprint density at radius 3 is 2.60 bits per heavy atom. The molecule has 7 nitrogen and oxygen atoms in total. The second kappa shape index (κ2) is 9.82. The Bertz CT molecular complexity index is 1000. The molecule has 2 amide bonds. The third-order valence-corrected chi connectivity index (χ3v) is 6.74. The van der Waals surface area contributed by atoms with E-state index in [-0.39, 0.29) is 11.8 Å². The maximum Gasteiger partial charge on any atom is 0.282 e. The maximum atomic E-state index is 12.4. The van der Waals surface area contributed by atoms with Crippen LogP contribution in [0.3, 0.4) is 0 Å². The summed E-state index contributed by atoms with van der Waals surface area (Å²) in [5.74, 6) is 0.387. The van der Waals surface area contributed by atoms with Crippen molar-refractivity contribution in [3.8, 4) is 0 Å². The Morgan fingerprint density at radius 2 is 1.87 bits per heavy atom. The first-order valence-corrected chi connectivity index (χ1v) is 11.5. The lowest BCUT2D eigenvalue weighted by Crippen LogP contribution is -2.27. The van der Waals surface area contributed by atoms with Gasteiger partial charge in [-0.3, -0.25) is 9.59 Å². The third-order valence-electron chi connectivity index (χ3n) is 4.68. The van der Waals surface area contributed by atoms with E-state index in [9.17, 15) is 9.59 Å². The molecule has 0 saturated carbocycles. The fourth-order valence-corrected chi connectivity index (χ4v) is 4.67. The summed E-state index contributed by atoms with van der Waals surface area (Å²) in [6, 6.07) is 13.4. The molecule has 9 heteroatoms. The molecule has 0 bridgehead atoms. The summed E-state index contributed by atoms with van der Waals surface area (Å²) in [6.07, 6.45) is 3.77. The largest absolute Gasteiger partial charge is 0.346 e. The molecule has 4 rings (SSSR count). The molecule has 0 aliphatic carbocycles. The number of rotatable bonds is 7. The number of pyridine rings is 1. The highest BCUT2D eigenvalue weighted by molar-refractivity contribution is 7.98. The molecule has 3 aromatic rings. The SMILES string of the molecule is O=C(NCc1ccccc1)c1nnc(CSc2ccc(C(=O)N3CCCC3)cn2)s1. The molecule has 1 aliphatic heterocycles. The maximum absolute atomic E-state index is 12.4. The van der Waals surface area contributed by atoms with Gasteiger partial charge in [0.2, 0.25) is 5.01 Å². The van der Waals surface area contributed by atoms with Gasteiger partial charge in [0, 0.05) is 25.8 Å². The first-order valence-electron chi connectivity index (χ1n) is 9.72. The average molecular weight is 440 g/mol. The lowest BCUT2D eigenvalue weighted by Gasteiger charge is -2.14. The molecular formula is C21H21N5O2S2. The Hall–Kier alpha value is -2.78. The summed E-state index contributed by atoms with van der Waals surface area (Å²) in [5, 5.41) is 12.9. The van der Waals surface area contributed by atoms with Gasteiger partial charge in [-0.15, -0.1) is 10.2 Å². The number of benzene rings is 1. The fourth-order valence-electron chi connectivity index (χ4n) is 3.09. The number of amides is 2. The van der Waals surface area contributed by atoms with Gasteiger partial charge in [-0.1, -0.05) is 53.4 Å². The molecule has 1 aliphatic rings. The highest BCUT2D eigenvalue weighted by Gasteiger charge is 2.19. The van der Waals surface area contributed by atoms with Gasteiger partial charge in [-0.2, -0.15) is 0 Å². The lowest BCUT2D eigenvalue weighted by molar-refractivity contribution is 0.0792. The number of nitrogens with one attached hydrogen (secondary N) is 1. The molecule has 2 aromatic heterocycles. The van der Waals surface area contributed by atoms with Crippen LogP contribution in [0.5, 0.6) is 0 Å². The van der Waals surface area contributed by atoms with Gasteiger partial charge in [-0.05, 0) is 30.5 Å². The highest BCUT2D eigenvalue weighted by atomic mass is 32.2. The van der Waals surface area contributed by atoms with Crippen LogP contribution >= 0.6 is 23.1 Å². The molecule has 0 atom stereocenters. The van der Waals surface area contributed by atoms with Crippen LogP contribution in [0.25, 0.3) is 0 Å². The van der Waals surface area contributed by atoms with E-state index in [4.69, 9.17) is 0 Å². The predicted molar refractivity (Wildman–Crippen MR) is 116 cm³/mol. The van der Waals surface area contributed by atoms with Gasteiger partial charge >= 0.3 is 0 Å². The van der Waals surface area contributed by atoms with Crippen molar-refractivity contribution in [2.24, 2.45) is 0 Å². The summed E-state index contributed by atoms with van der Waals surface area (Å²) in [5.41, 5.74) is 1.65. The highest BCUT2D eigenvalue weighted by Crippen LogP contribution is 2.23. The van der Waals surface area contributed by atoms with Gasteiger partial charge in [0.1, 0.15) is 5.01 Å². The zero-order valence-electron chi connectivity index (χ0n) is 16.3. The third kappa shape index (κ3) is 5.22. The van der Waals surface area contributed by atoms with E-state index in [0.29, 0.717) is 22.9 Å². The van der Waals surface area contributed by atoms with Crippen molar-refractivity contribution < 1.29 is 9.59 Å². The number of hydrogen-bond acceptors (Lipinski definition) is 7. The zero-order valence-corrected chi connectivity index (χ0v) is 17.9. The minimum atomic E-state index is -0.226. The van der Waals surface area contributed by atoms with Gasteiger partial charge in [-0.25, -0.2) is 4.98 Å². The van der Waals surface area contributed by atoms with Gasteiger partial charge in [0.15, 0.2) is 0 Å². The standard InChI is InChI=1S/C21H21N5O2S2/c27-19(23-12-15-6-2-1-3-7-15)20-25-24-18(30-20)14-29-17-9-8-16(13-22-17)21(28)26-10-4-5-11-26/h1-3,6-9,13H,4-5,10-12,14H2,(H,23,27). The fraction of sp³-hybridized carbons (Fsp3) is 0.286. The normalized spacial score (nSPS) is 13.4. The van der Waals surface area contributed by atoms with Crippen LogP contribution in [0.1, 0.15) is 43.6 Å². The van der Waals surface area contributed by atoms with Crippen LogP contribution in [0.15, 0.2) is 53.7 Å². The van der Waals surface area contributed by atoms with Crippen molar-refractivity contribution in [1.29, 1.82) is 0 Å². The van der Waals surface area contributed by atoms with E-state index in [0.717, 1.165) is 41.5 Å². The number of nitrogens with zero attached hydrogens (tertiary/aromatic N) is 4. The Balaban J connectivity index is 1.27. The van der Waals surface area contributed by atoms with Gasteiger partial charge in [0.05, 0.1) is 16.3 Å². The van der Waals surface area contributed by atoms with Crippen molar-refractivity contribution in [2.75, 3.05) is 13.1 Å². The molecule has 1 fully saturated rings. The van der Waals surface area contributed by atoms with Crippen LogP contribution in [-0.2, 0) is 12.3 Å². The first kappa shape index (κ1) is 20.5. The molecule has 30 heavy (non-hydrogen) atoms. The van der Waals surface area contributed by atoms with E-state index in [1.54, 1.807) is 6.20 Å². The van der Waals surface area contributed by atoms with Crippen molar-refractivity contribution in [1.82, 2.24) is 25.4 Å². The van der Waals surface area contributed by atoms with Gasteiger partial charge < -0.3 is 10.2 Å². The van der Waals surface area contributed by atoms with Crippen molar-refractivity contribution in [3.63, 3.8) is 0 Å². The van der Waals surface area contributed by atoms with Crippen molar-refractivity contribution in [2.45, 2.75) is 30.2 Å². The quantitative estimate of drug-likeness (QED) is 0.568. The summed E-state index contributed by atoms with van der Waals surface area (Å²) in [4.78, 5) is 30.9. The molecular weight excluding hydrogens is 418 g/mol. The average Bonchev–Trinajstić information content (AvgIpc) is 3.49. The predicted octanol–water partition coefficient (Wildman–Crippen LogP) is 3.39. The number of likely N-dealkylation sites (tertiary alicyclic amines) is 1. The van der Waals surface area contributed by atoms with E-state index >= 15 is 0 Å². The van der Waals surface area contributed by atoms with Gasteiger partial charge in [0.25, 0.3) is 11.8 Å². The summed E-state index contributed by atoms with van der Waals surface area (Å²) in [7, 11) is 0. The summed E-state index contributed by atoms with van der Waals surface area (Å²) < 4.78 is 0. The molecule has 1 N–H and O–H groups in total. The smallest absolute Gasteiger partial charge is 0.282 e. The van der Waals surface area contributed by atoms with E-state index in [2.05, 4.69) is 20.5 Å². The second-order valence-corrected chi connectivity index (χ2v) is 8.90. The summed E-state index contributed by atoms with van der Waals surface area (Å²) in [6.45, 7) is 2.11. The lowest BCUT2D eigenvalue weighted by atomic mass is 10.2. The molecule has 154 valence electrons. The van der Waals surface area contributed by atoms with Crippen LogP contribution in [-0.4, -0.2) is 45.0 Å². The zero-order chi connectivity index (χ0) is 20.8. The monoisotopic (exact) mass is 439 g/mol. The Labute approximate surface area is 182 Å². The number of thioether (sulfide) groups is 1. The van der Waals surface area contributed by atoms with Crippen LogP contribution in [0, 0.1) is 0 Å². The van der Waals surface area contributed by atoms with Crippen molar-refractivity contribution >= 4 is 34.9 Å². The van der Waals surface area contributed by atoms with Crippen LogP contribution in [0.4, 0.5) is 0 Å². The molecule has 0 unspecified atom stereocenters. The first-order chi connectivity index (χ1) is 14.7. The molecule has 0 radical (unpaired) electrons. The topological polar surface area (TPSA) is 88.1 Å². The van der Waals surface area contributed by atoms with Crippen LogP contribution < -0.4 is 5.32 Å². The molecule has 3 heterocycles.